The molecule has 0 aliphatic carbocycles. The molecule has 0 aromatic heterocycles. The Kier molecular flexibility index (Phi) is 37.4. The van der Waals surface area contributed by atoms with Gasteiger partial charge in [-0.25, -0.2) is 40.7 Å². The number of rotatable bonds is 52. The molecule has 0 aromatic rings. The van der Waals surface area contributed by atoms with Crippen LogP contribution in [0.3, 0.4) is 0 Å². The Balaban J connectivity index is 10.5. The van der Waals surface area contributed by atoms with Crippen LogP contribution in [-0.4, -0.2) is 280 Å². The molecule has 0 aliphatic heterocycles. The van der Waals surface area contributed by atoms with Crippen LogP contribution in [0.4, 0.5) is 321 Å². The Morgan fingerprint density at radius 3 is 0.476 bits per heavy atom. The molecule has 0 fully saturated rings. The van der Waals surface area contributed by atoms with E-state index in [0.29, 0.717) is 0 Å². The van der Waals surface area contributed by atoms with Gasteiger partial charge in [-0.3, -0.25) is 0 Å². The average molecular weight is 2350 g/mol. The van der Waals surface area contributed by atoms with Gasteiger partial charge in [0, 0.05) is 87.5 Å². The molecule has 83 heteroatoms. The Bertz CT molecular complexity index is 4140. The highest BCUT2D eigenvalue weighted by Crippen LogP contribution is 2.75. The van der Waals surface area contributed by atoms with E-state index in [1.54, 1.807) is 0 Å². The minimum atomic E-state index is -10.6. The summed E-state index contributed by atoms with van der Waals surface area (Å²) in [5, 5.41) is 0. The Hall–Kier alpha value is -7.38. The summed E-state index contributed by atoms with van der Waals surface area (Å²) in [5.74, 6) is -236. The molecule has 9 nitrogen and oxygen atoms in total. The normalized spacial score (nSPS) is 18.5. The summed E-state index contributed by atoms with van der Waals surface area (Å²) in [7, 11) is -9.76. The van der Waals surface area contributed by atoms with Gasteiger partial charge in [0.05, 0.1) is 19.8 Å². The second-order valence-corrected chi connectivity index (χ2v) is 32.3. The fourth-order valence-electron chi connectivity index (χ4n) is 10.7. The van der Waals surface area contributed by atoms with Crippen LogP contribution in [0.25, 0.3) is 0 Å². The van der Waals surface area contributed by atoms with E-state index >= 15 is 202 Å². The van der Waals surface area contributed by atoms with Crippen LogP contribution in [0, 0.1) is 0 Å². The molecule has 0 amide bonds. The first-order valence-corrected chi connectivity index (χ1v) is 36.9. The second-order valence-electron chi connectivity index (χ2n) is 29.6. The van der Waals surface area contributed by atoms with Crippen molar-refractivity contribution < 1.29 is 362 Å². The van der Waals surface area contributed by atoms with Gasteiger partial charge in [-0.2, -0.15) is 294 Å². The third-order valence-corrected chi connectivity index (χ3v) is 22.4. The smallest absolute Gasteiger partial charge is 0.462 e. The average Bonchev–Trinajstić information content (AvgIpc) is 0.674. The first-order valence-electron chi connectivity index (χ1n) is 35.0. The minimum Gasteiger partial charge on any atom is -0.462 e. The van der Waals surface area contributed by atoms with Gasteiger partial charge < -0.3 is 27.5 Å². The van der Waals surface area contributed by atoms with Gasteiger partial charge in [-0.05, 0) is 20.8 Å². The van der Waals surface area contributed by atoms with Crippen LogP contribution in [-0.2, 0) is 41.9 Å². The van der Waals surface area contributed by atoms with E-state index in [-0.39, 0.29) is 20.8 Å². The van der Waals surface area contributed by atoms with E-state index in [1.807, 2.05) is 0 Å². The van der Waals surface area contributed by atoms with Crippen LogP contribution in [0.1, 0.15) is 65.7 Å². The highest BCUT2D eigenvalue weighted by atomic mass is 28.4. The lowest BCUT2D eigenvalue weighted by atomic mass is 9.74. The fraction of sp³-hybridized carbons (Fsp3) is 0.855. The van der Waals surface area contributed by atoms with Crippen LogP contribution >= 0.6 is 0 Å². The van der Waals surface area contributed by atoms with Crippen molar-refractivity contribution in [3.05, 3.63) is 36.5 Å². The van der Waals surface area contributed by atoms with Crippen LogP contribution in [0.2, 0.25) is 6.04 Å². The number of carbonyl (C=O) groups is 3. The zero-order valence-corrected chi connectivity index (χ0v) is 68.8. The molecule has 0 aliphatic rings. The first kappa shape index (κ1) is 138. The molecule has 145 heavy (non-hydrogen) atoms. The zero-order chi connectivity index (χ0) is 118. The number of hydrogen-bond donors (Lipinski definition) is 0. The van der Waals surface area contributed by atoms with Crippen molar-refractivity contribution in [1.82, 2.24) is 0 Å². The number of alkyl halides is 73. The van der Waals surface area contributed by atoms with Crippen molar-refractivity contribution in [3.63, 3.8) is 0 Å². The van der Waals surface area contributed by atoms with E-state index in [4.69, 9.17) is 0 Å². The second kappa shape index (κ2) is 39.4. The van der Waals surface area contributed by atoms with Crippen LogP contribution in [0.15, 0.2) is 36.5 Å². The lowest BCUT2D eigenvalue weighted by molar-refractivity contribution is -0.471. The first-order chi connectivity index (χ1) is 62.3. The lowest BCUT2D eigenvalue weighted by Gasteiger charge is -2.49. The van der Waals surface area contributed by atoms with Crippen molar-refractivity contribution in [1.29, 1.82) is 0 Å². The molecule has 0 spiro atoms. The van der Waals surface area contributed by atoms with Crippen LogP contribution < -0.4 is 0 Å². The molecule has 860 valence electrons. The number of esters is 3. The Labute approximate surface area is 750 Å². The van der Waals surface area contributed by atoms with E-state index in [1.165, 1.54) is 0 Å². The third kappa shape index (κ3) is 20.8. The molecule has 0 aromatic carbocycles. The van der Waals surface area contributed by atoms with E-state index < -0.39 is 348 Å². The maximum absolute atomic E-state index is 15.7. The van der Waals surface area contributed by atoms with E-state index in [0.717, 1.165) is 0 Å². The minimum absolute atomic E-state index is 0.240. The summed E-state index contributed by atoms with van der Waals surface area (Å²) < 4.78 is 1110. The number of carbonyl (C=O) groups excluding carboxylic acids is 3. The number of hydrogen-bond acceptors (Lipinski definition) is 9. The summed E-state index contributed by atoms with van der Waals surface area (Å²) in [6, 6.07) is -4.97. The lowest BCUT2D eigenvalue weighted by Crippen LogP contribution is -2.81. The molecule has 6 atom stereocenters. The molecular formula is C62H43F73O9Si. The van der Waals surface area contributed by atoms with Gasteiger partial charge in [0.1, 0.15) is 0 Å². The molecule has 0 bridgehead atoms. The monoisotopic (exact) mass is 2350 g/mol. The van der Waals surface area contributed by atoms with Gasteiger partial charge in [-0.15, -0.1) is 0 Å². The van der Waals surface area contributed by atoms with Gasteiger partial charge in [0.2, 0.25) is 0 Å². The van der Waals surface area contributed by atoms with Crippen molar-refractivity contribution in [2.45, 2.75) is 285 Å². The predicted molar refractivity (Wildman–Crippen MR) is 317 cm³/mol. The summed E-state index contributed by atoms with van der Waals surface area (Å²) in [5.41, 5.74) is -60.5. The molecule has 6 unspecified atom stereocenters. The van der Waals surface area contributed by atoms with Gasteiger partial charge >= 0.3 is 223 Å². The summed E-state index contributed by atoms with van der Waals surface area (Å²) >= 11 is 0. The summed E-state index contributed by atoms with van der Waals surface area (Å²) in [4.78, 5) is 34.4. The van der Waals surface area contributed by atoms with E-state index in [2.05, 4.69) is 47.2 Å². The Morgan fingerprint density at radius 1 is 0.179 bits per heavy atom. The topological polar surface area (TPSA) is 107 Å². The molecule has 0 N–H and O–H groups in total. The van der Waals surface area contributed by atoms with E-state index in [9.17, 15) is 133 Å². The van der Waals surface area contributed by atoms with Gasteiger partial charge in [-0.1, -0.05) is 19.7 Å². The maximum atomic E-state index is 15.7. The quantitative estimate of drug-likeness (QED) is 0.0193. The summed E-state index contributed by atoms with van der Waals surface area (Å²) in [6.07, 6.45) is -98.1. The summed E-state index contributed by atoms with van der Waals surface area (Å²) in [6.45, 7) is -16.2. The van der Waals surface area contributed by atoms with Crippen molar-refractivity contribution >= 4 is 26.7 Å². The standard InChI is InChI=1S/C62H43F73O9Si/c1-21(2)24(136)139-14-7-27(63,56(115,116)117)37(77,78)34(74,59(124,125)126)44(91,92)51(105,106)47(97,98)40(83,84)30(66,67)10-17-142-145(20-13-33(72,73)43(89,90)50(103,104)54(111,112)55(113,114)62(133,134)135,143-18-11-31(68,69)41(85,86)48(99,100)52(107,108)45(93,94)35(75,60(127,128)129)38(79,80)28(64,57(118,119)120)8-15-140-25(137)22(3)4)144-19-12-32(70,71)42(87,88)49(101,102)53(109,110)46(95,96)36(76,61(130,131)132)39(81,82)29(65,58(121,122)123)9-16-141-26(138)23(5)6/h1,3,5,7-20H2,2,4,6H3. The Morgan fingerprint density at radius 2 is 0.331 bits per heavy atom. The number of halogens is 73. The number of ether oxygens (including phenoxy) is 3. The largest absolute Gasteiger partial charge is 0.501 e. The molecular weight excluding hydrogens is 2300 g/mol. The SMILES string of the molecule is C=C(C)C(=O)OCCC(F)(C(F)(F)F)C(F)(F)C(F)(C(F)(F)F)C(F)(F)C(F)(F)C(F)(F)C(F)(F)C(F)(F)CCO[Si](CCC(F)(F)C(F)(F)C(F)(F)C(F)(F)C(F)(F)C(F)(F)F)(OCCC(F)(F)C(F)(F)C(F)(F)C(F)(F)C(F)(F)C(F)(C(F)(F)F)C(F)(F)C(F)(CCOC(=O)C(=C)C)C(F)(F)F)OCCC(F)(F)C(F)(F)C(F)(F)C(F)(F)C(F)(F)C(F)(C(F)(F)F)C(F)(F)C(F)(CCOC(=O)C(=C)C)C(F)(F)F. The fourth-order valence-corrected chi connectivity index (χ4v) is 13.3. The molecule has 0 saturated carbocycles. The van der Waals surface area contributed by atoms with Crippen LogP contribution in [0.5, 0.6) is 0 Å². The highest BCUT2D eigenvalue weighted by Gasteiger charge is 3.05. The molecule has 0 saturated heterocycles. The highest BCUT2D eigenvalue weighted by molar-refractivity contribution is 6.60. The van der Waals surface area contributed by atoms with Crippen molar-refractivity contribution in [2.24, 2.45) is 0 Å². The van der Waals surface area contributed by atoms with Gasteiger partial charge in [0.25, 0.3) is 17.0 Å². The maximum Gasteiger partial charge on any atom is 0.501 e. The van der Waals surface area contributed by atoms with Gasteiger partial charge in [0.15, 0.2) is 0 Å². The molecule has 0 heterocycles. The van der Waals surface area contributed by atoms with Crippen molar-refractivity contribution in [3.8, 4) is 0 Å². The zero-order valence-electron chi connectivity index (χ0n) is 67.8. The predicted octanol–water partition coefficient (Wildman–Crippen LogP) is 27.9. The molecule has 0 radical (unpaired) electrons. The molecule has 0 rings (SSSR count). The third-order valence-electron chi connectivity index (χ3n) is 19.6. The van der Waals surface area contributed by atoms with Crippen molar-refractivity contribution in [2.75, 3.05) is 39.6 Å².